The number of carbonyl (C=O) groups excluding carboxylic acids is 2. The molecule has 22 heavy (non-hydrogen) atoms. The topological polar surface area (TPSA) is 82.1 Å². The number of esters is 2. The predicted molar refractivity (Wildman–Crippen MR) is 78.3 cm³/mol. The number of cyclic esters (lactones) is 2. The van der Waals surface area contributed by atoms with Crippen LogP contribution in [-0.2, 0) is 25.5 Å². The lowest BCUT2D eigenvalue weighted by Gasteiger charge is -2.29. The van der Waals surface area contributed by atoms with Gasteiger partial charge in [-0.3, -0.25) is 0 Å². The summed E-state index contributed by atoms with van der Waals surface area (Å²) in [6.07, 6.45) is 1.95. The summed E-state index contributed by atoms with van der Waals surface area (Å²) in [6.45, 7) is 4.88. The van der Waals surface area contributed by atoms with Crippen molar-refractivity contribution in [2.45, 2.75) is 33.0 Å². The SMILES string of the molecule is CCc1cc(C=C2C(=O)OC(C)(C)OC2=O)c(O)c(OC)c1. The van der Waals surface area contributed by atoms with Gasteiger partial charge >= 0.3 is 11.9 Å². The Morgan fingerprint density at radius 1 is 1.23 bits per heavy atom. The Bertz CT molecular complexity index is 635. The maximum absolute atomic E-state index is 11.9. The van der Waals surface area contributed by atoms with E-state index in [9.17, 15) is 14.7 Å². The second kappa shape index (κ2) is 5.71. The van der Waals surface area contributed by atoms with E-state index < -0.39 is 17.7 Å². The number of aromatic hydroxyl groups is 1. The van der Waals surface area contributed by atoms with Crippen LogP contribution in [0.4, 0.5) is 0 Å². The van der Waals surface area contributed by atoms with Gasteiger partial charge in [0.15, 0.2) is 11.5 Å². The van der Waals surface area contributed by atoms with Gasteiger partial charge in [0.05, 0.1) is 7.11 Å². The van der Waals surface area contributed by atoms with E-state index in [2.05, 4.69) is 0 Å². The van der Waals surface area contributed by atoms with Crippen molar-refractivity contribution in [2.24, 2.45) is 0 Å². The van der Waals surface area contributed by atoms with Crippen LogP contribution in [0.1, 0.15) is 31.9 Å². The molecule has 1 saturated heterocycles. The molecule has 118 valence electrons. The molecule has 2 rings (SSSR count). The number of aryl methyl sites for hydroxylation is 1. The second-order valence-electron chi connectivity index (χ2n) is 5.33. The minimum Gasteiger partial charge on any atom is -0.504 e. The van der Waals surface area contributed by atoms with E-state index in [1.165, 1.54) is 27.0 Å². The van der Waals surface area contributed by atoms with Crippen molar-refractivity contribution in [1.82, 2.24) is 0 Å². The van der Waals surface area contributed by atoms with Crippen LogP contribution in [0.15, 0.2) is 17.7 Å². The Kier molecular flexibility index (Phi) is 4.12. The highest BCUT2D eigenvalue weighted by atomic mass is 16.7. The van der Waals surface area contributed by atoms with Crippen LogP contribution in [0.3, 0.4) is 0 Å². The van der Waals surface area contributed by atoms with Crippen molar-refractivity contribution in [1.29, 1.82) is 0 Å². The Morgan fingerprint density at radius 3 is 2.32 bits per heavy atom. The maximum atomic E-state index is 11.9. The van der Waals surface area contributed by atoms with E-state index in [1.807, 2.05) is 6.92 Å². The second-order valence-corrected chi connectivity index (χ2v) is 5.33. The van der Waals surface area contributed by atoms with Crippen LogP contribution in [-0.4, -0.2) is 29.9 Å². The molecule has 0 unspecified atom stereocenters. The summed E-state index contributed by atoms with van der Waals surface area (Å²) in [5.74, 6) is -2.76. The fourth-order valence-corrected chi connectivity index (χ4v) is 2.09. The van der Waals surface area contributed by atoms with Gasteiger partial charge in [-0.1, -0.05) is 6.92 Å². The largest absolute Gasteiger partial charge is 0.504 e. The molecule has 1 N–H and O–H groups in total. The van der Waals surface area contributed by atoms with Gasteiger partial charge in [0.1, 0.15) is 5.57 Å². The van der Waals surface area contributed by atoms with Gasteiger partial charge in [-0.2, -0.15) is 0 Å². The van der Waals surface area contributed by atoms with E-state index in [0.717, 1.165) is 5.56 Å². The summed E-state index contributed by atoms with van der Waals surface area (Å²) in [6, 6.07) is 3.36. The van der Waals surface area contributed by atoms with Gasteiger partial charge < -0.3 is 19.3 Å². The standard InChI is InChI=1S/C16H18O6/c1-5-9-6-10(13(17)12(7-9)20-4)8-11-14(18)21-16(2,3)22-15(11)19/h6-8,17H,5H2,1-4H3. The van der Waals surface area contributed by atoms with Crippen molar-refractivity contribution in [3.05, 3.63) is 28.8 Å². The lowest BCUT2D eigenvalue weighted by molar-refractivity contribution is -0.222. The Labute approximate surface area is 128 Å². The first-order valence-electron chi connectivity index (χ1n) is 6.85. The Balaban J connectivity index is 2.49. The zero-order valence-corrected chi connectivity index (χ0v) is 12.9. The molecule has 0 aliphatic carbocycles. The Morgan fingerprint density at radius 2 is 1.82 bits per heavy atom. The van der Waals surface area contributed by atoms with E-state index in [0.29, 0.717) is 12.0 Å². The number of phenolic OH excluding ortho intramolecular Hbond substituents is 1. The normalized spacial score (nSPS) is 16.8. The van der Waals surface area contributed by atoms with Gasteiger partial charge in [0.25, 0.3) is 5.79 Å². The van der Waals surface area contributed by atoms with Gasteiger partial charge in [0, 0.05) is 19.4 Å². The molecule has 0 radical (unpaired) electrons. The van der Waals surface area contributed by atoms with Crippen molar-refractivity contribution in [3.63, 3.8) is 0 Å². The van der Waals surface area contributed by atoms with Crippen molar-refractivity contribution >= 4 is 18.0 Å². The lowest BCUT2D eigenvalue weighted by Crippen LogP contribution is -2.41. The van der Waals surface area contributed by atoms with Crippen LogP contribution in [0.2, 0.25) is 0 Å². The first kappa shape index (κ1) is 15.9. The zero-order valence-electron chi connectivity index (χ0n) is 12.9. The molecule has 0 spiro atoms. The highest BCUT2D eigenvalue weighted by molar-refractivity contribution is 6.19. The molecule has 1 aliphatic heterocycles. The third kappa shape index (κ3) is 3.05. The summed E-state index contributed by atoms with van der Waals surface area (Å²) in [4.78, 5) is 23.9. The minimum atomic E-state index is -1.30. The maximum Gasteiger partial charge on any atom is 0.348 e. The number of hydrogen-bond donors (Lipinski definition) is 1. The summed E-state index contributed by atoms with van der Waals surface area (Å²) in [5.41, 5.74) is 0.907. The van der Waals surface area contributed by atoms with Gasteiger partial charge in [-0.25, -0.2) is 9.59 Å². The molecule has 6 heteroatoms. The molecule has 6 nitrogen and oxygen atoms in total. The van der Waals surface area contributed by atoms with Gasteiger partial charge in [-0.15, -0.1) is 0 Å². The van der Waals surface area contributed by atoms with Gasteiger partial charge in [-0.05, 0) is 30.2 Å². The first-order chi connectivity index (χ1) is 10.3. The monoisotopic (exact) mass is 306 g/mol. The molecule has 0 aromatic heterocycles. The van der Waals surface area contributed by atoms with Crippen molar-refractivity contribution in [3.8, 4) is 11.5 Å². The molecule has 0 bridgehead atoms. The minimum absolute atomic E-state index is 0.155. The number of methoxy groups -OCH3 is 1. The molecule has 1 fully saturated rings. The molecular weight excluding hydrogens is 288 g/mol. The first-order valence-corrected chi connectivity index (χ1v) is 6.85. The summed E-state index contributed by atoms with van der Waals surface area (Å²) in [7, 11) is 1.43. The number of rotatable bonds is 3. The van der Waals surface area contributed by atoms with Crippen LogP contribution in [0, 0.1) is 0 Å². The number of carbonyl (C=O) groups is 2. The third-order valence-corrected chi connectivity index (χ3v) is 3.21. The van der Waals surface area contributed by atoms with Crippen LogP contribution in [0.5, 0.6) is 11.5 Å². The molecule has 1 aromatic rings. The number of ether oxygens (including phenoxy) is 3. The van der Waals surface area contributed by atoms with Gasteiger partial charge in [0.2, 0.25) is 0 Å². The van der Waals surface area contributed by atoms with E-state index >= 15 is 0 Å². The quantitative estimate of drug-likeness (QED) is 0.523. The number of benzene rings is 1. The van der Waals surface area contributed by atoms with E-state index in [4.69, 9.17) is 14.2 Å². The molecule has 1 aromatic carbocycles. The molecular formula is C16H18O6. The number of hydrogen-bond acceptors (Lipinski definition) is 6. The van der Waals surface area contributed by atoms with E-state index in [1.54, 1.807) is 12.1 Å². The summed E-state index contributed by atoms with van der Waals surface area (Å²) in [5, 5.41) is 10.1. The molecule has 1 aliphatic rings. The molecule has 0 saturated carbocycles. The zero-order chi connectivity index (χ0) is 16.5. The average Bonchev–Trinajstić information content (AvgIpc) is 2.43. The Hall–Kier alpha value is -2.50. The fraction of sp³-hybridized carbons (Fsp3) is 0.375. The van der Waals surface area contributed by atoms with Crippen molar-refractivity contribution in [2.75, 3.05) is 7.11 Å². The predicted octanol–water partition coefficient (Wildman–Crippen LogP) is 2.18. The summed E-state index contributed by atoms with van der Waals surface area (Å²) < 4.78 is 15.1. The number of phenols is 1. The van der Waals surface area contributed by atoms with E-state index in [-0.39, 0.29) is 17.1 Å². The molecule has 0 atom stereocenters. The van der Waals surface area contributed by atoms with Crippen LogP contribution in [0.25, 0.3) is 6.08 Å². The molecule has 1 heterocycles. The highest BCUT2D eigenvalue weighted by Gasteiger charge is 2.39. The lowest BCUT2D eigenvalue weighted by atomic mass is 10.0. The highest BCUT2D eigenvalue weighted by Crippen LogP contribution is 2.34. The average molecular weight is 306 g/mol. The van der Waals surface area contributed by atoms with Crippen LogP contribution >= 0.6 is 0 Å². The smallest absolute Gasteiger partial charge is 0.348 e. The fourth-order valence-electron chi connectivity index (χ4n) is 2.09. The van der Waals surface area contributed by atoms with Crippen LogP contribution < -0.4 is 4.74 Å². The van der Waals surface area contributed by atoms with Crippen molar-refractivity contribution < 1.29 is 28.9 Å². The third-order valence-electron chi connectivity index (χ3n) is 3.21. The summed E-state index contributed by atoms with van der Waals surface area (Å²) >= 11 is 0. The molecule has 0 amide bonds.